The van der Waals surface area contributed by atoms with Gasteiger partial charge in [-0.15, -0.1) is 0 Å². The summed E-state index contributed by atoms with van der Waals surface area (Å²) >= 11 is 11.0. The van der Waals surface area contributed by atoms with Crippen LogP contribution >= 0.6 is 23.8 Å². The zero-order valence-corrected chi connectivity index (χ0v) is 17.2. The summed E-state index contributed by atoms with van der Waals surface area (Å²) in [5.74, 6) is -1.53. The Hall–Kier alpha value is -3.50. The molecule has 0 aliphatic carbocycles. The van der Waals surface area contributed by atoms with E-state index in [1.165, 1.54) is 26.4 Å². The highest BCUT2D eigenvalue weighted by Crippen LogP contribution is 2.39. The average Bonchev–Trinajstić information content (AvgIpc) is 2.71. The Labute approximate surface area is 181 Å². The van der Waals surface area contributed by atoms with Crippen molar-refractivity contribution >= 4 is 58.2 Å². The van der Waals surface area contributed by atoms with Gasteiger partial charge in [-0.1, -0.05) is 11.6 Å². The molecule has 1 N–H and O–H groups in total. The number of benzene rings is 2. The minimum atomic E-state index is -0.797. The first kappa shape index (κ1) is 21.2. The first-order valence-electron chi connectivity index (χ1n) is 8.35. The fourth-order valence-electron chi connectivity index (χ4n) is 2.87. The molecule has 2 aromatic carbocycles. The number of hydrogen-bond acceptors (Lipinski definition) is 7. The van der Waals surface area contributed by atoms with Gasteiger partial charge in [-0.05, 0) is 54.7 Å². The number of nitro groups is 1. The van der Waals surface area contributed by atoms with Gasteiger partial charge in [-0.3, -0.25) is 29.9 Å². The lowest BCUT2D eigenvalue weighted by molar-refractivity contribution is -0.386. The summed E-state index contributed by atoms with van der Waals surface area (Å²) in [5, 5.41) is 14.4. The number of hydrogen-bond donors (Lipinski definition) is 1. The van der Waals surface area contributed by atoms with Crippen LogP contribution in [0, 0.1) is 10.1 Å². The van der Waals surface area contributed by atoms with Crippen LogP contribution in [0.1, 0.15) is 5.56 Å². The van der Waals surface area contributed by atoms with Crippen molar-refractivity contribution in [3.05, 3.63) is 62.7 Å². The van der Waals surface area contributed by atoms with Gasteiger partial charge in [0, 0.05) is 5.02 Å². The summed E-state index contributed by atoms with van der Waals surface area (Å²) < 4.78 is 10.2. The van der Waals surface area contributed by atoms with Crippen molar-refractivity contribution in [2.45, 2.75) is 0 Å². The lowest BCUT2D eigenvalue weighted by atomic mass is 10.0. The molecule has 1 aliphatic rings. The number of carbonyl (C=O) groups excluding carboxylic acids is 2. The highest BCUT2D eigenvalue weighted by Gasteiger charge is 2.36. The molecule has 0 bridgehead atoms. The largest absolute Gasteiger partial charge is 0.496 e. The summed E-state index contributed by atoms with van der Waals surface area (Å²) in [6.07, 6.45) is 1.09. The van der Waals surface area contributed by atoms with Gasteiger partial charge in [0.1, 0.15) is 11.3 Å². The fourth-order valence-corrected chi connectivity index (χ4v) is 3.27. The number of carbonyl (C=O) groups is 2. The number of amides is 2. The topological polar surface area (TPSA) is 111 Å². The third kappa shape index (κ3) is 3.82. The van der Waals surface area contributed by atoms with Crippen molar-refractivity contribution in [3.63, 3.8) is 0 Å². The van der Waals surface area contributed by atoms with Crippen LogP contribution in [0.4, 0.5) is 11.4 Å². The Bertz CT molecular complexity index is 1100. The molecule has 30 heavy (non-hydrogen) atoms. The number of nitrogens with zero attached hydrogens (tertiary/aromatic N) is 2. The molecule has 0 saturated carbocycles. The van der Waals surface area contributed by atoms with Gasteiger partial charge in [0.2, 0.25) is 0 Å². The van der Waals surface area contributed by atoms with Crippen molar-refractivity contribution in [1.29, 1.82) is 0 Å². The maximum atomic E-state index is 13.1. The lowest BCUT2D eigenvalue weighted by Gasteiger charge is -2.29. The Balaban J connectivity index is 2.18. The molecule has 9 nitrogen and oxygen atoms in total. The van der Waals surface area contributed by atoms with E-state index in [2.05, 4.69) is 5.32 Å². The van der Waals surface area contributed by atoms with E-state index in [1.54, 1.807) is 24.3 Å². The van der Waals surface area contributed by atoms with E-state index in [-0.39, 0.29) is 27.7 Å². The molecule has 0 spiro atoms. The number of thiocarbonyl (C=S) groups is 1. The molecule has 11 heteroatoms. The molecule has 2 aromatic rings. The predicted molar refractivity (Wildman–Crippen MR) is 114 cm³/mol. The van der Waals surface area contributed by atoms with Crippen LogP contribution in [0.5, 0.6) is 11.5 Å². The summed E-state index contributed by atoms with van der Waals surface area (Å²) in [4.78, 5) is 37.7. The zero-order valence-electron chi connectivity index (χ0n) is 15.7. The molecule has 1 saturated heterocycles. The number of rotatable bonds is 5. The molecule has 1 fully saturated rings. The van der Waals surface area contributed by atoms with Gasteiger partial charge in [-0.25, -0.2) is 0 Å². The zero-order chi connectivity index (χ0) is 22.0. The standard InChI is InChI=1S/C19H14ClN3O6S/c1-28-14-7-8-15(29-2)16(23(26)27)12(14)9-13-17(24)21-19(30)22(18(13)25)11-5-3-10(20)4-6-11/h3-9H,1-2H3,(H,21,24,30)/b13-9+. The normalized spacial score (nSPS) is 15.2. The van der Waals surface area contributed by atoms with Crippen molar-refractivity contribution < 1.29 is 24.0 Å². The van der Waals surface area contributed by atoms with Crippen LogP contribution in [-0.2, 0) is 9.59 Å². The number of ether oxygens (including phenoxy) is 2. The monoisotopic (exact) mass is 447 g/mol. The van der Waals surface area contributed by atoms with Gasteiger partial charge < -0.3 is 9.47 Å². The number of halogens is 1. The van der Waals surface area contributed by atoms with Crippen molar-refractivity contribution in [1.82, 2.24) is 5.32 Å². The third-order valence-electron chi connectivity index (χ3n) is 4.24. The molecule has 3 rings (SSSR count). The third-order valence-corrected chi connectivity index (χ3v) is 4.77. The number of methoxy groups -OCH3 is 2. The second-order valence-corrected chi connectivity index (χ2v) is 6.75. The first-order chi connectivity index (χ1) is 14.3. The van der Waals surface area contributed by atoms with Crippen molar-refractivity contribution in [2.24, 2.45) is 0 Å². The highest BCUT2D eigenvalue weighted by molar-refractivity contribution is 7.80. The van der Waals surface area contributed by atoms with Crippen LogP contribution in [0.15, 0.2) is 42.0 Å². The summed E-state index contributed by atoms with van der Waals surface area (Å²) in [6, 6.07) is 9.01. The molecule has 154 valence electrons. The van der Waals surface area contributed by atoms with Crippen LogP contribution in [0.3, 0.4) is 0 Å². The Morgan fingerprint density at radius 3 is 2.27 bits per heavy atom. The van der Waals surface area contributed by atoms with Gasteiger partial charge in [0.05, 0.1) is 30.4 Å². The molecule has 1 aliphatic heterocycles. The van der Waals surface area contributed by atoms with E-state index in [9.17, 15) is 19.7 Å². The Kier molecular flexibility index (Phi) is 5.99. The molecule has 0 aromatic heterocycles. The average molecular weight is 448 g/mol. The summed E-state index contributed by atoms with van der Waals surface area (Å²) in [5.41, 5.74) is -0.541. The molecular weight excluding hydrogens is 434 g/mol. The molecule has 2 amide bonds. The van der Waals surface area contributed by atoms with E-state index in [4.69, 9.17) is 33.3 Å². The van der Waals surface area contributed by atoms with E-state index in [0.29, 0.717) is 10.7 Å². The highest BCUT2D eigenvalue weighted by atomic mass is 35.5. The number of nitro benzene ring substituents is 1. The maximum absolute atomic E-state index is 13.1. The number of anilines is 1. The van der Waals surface area contributed by atoms with Crippen molar-refractivity contribution in [2.75, 3.05) is 19.1 Å². The lowest BCUT2D eigenvalue weighted by Crippen LogP contribution is -2.54. The second-order valence-electron chi connectivity index (χ2n) is 5.92. The van der Waals surface area contributed by atoms with Gasteiger partial charge in [0.25, 0.3) is 11.8 Å². The van der Waals surface area contributed by atoms with E-state index < -0.39 is 22.4 Å². The Morgan fingerprint density at radius 2 is 1.70 bits per heavy atom. The SMILES string of the molecule is COc1ccc(OC)c([N+](=O)[O-])c1/C=C1\C(=O)NC(=S)N(c2ccc(Cl)cc2)C1=O. The van der Waals surface area contributed by atoms with E-state index in [0.717, 1.165) is 11.0 Å². The Morgan fingerprint density at radius 1 is 1.10 bits per heavy atom. The fraction of sp³-hybridized carbons (Fsp3) is 0.105. The van der Waals surface area contributed by atoms with Crippen LogP contribution in [0.25, 0.3) is 6.08 Å². The molecule has 0 atom stereocenters. The summed E-state index contributed by atoms with van der Waals surface area (Å²) in [6.45, 7) is 0. The maximum Gasteiger partial charge on any atom is 0.321 e. The smallest absolute Gasteiger partial charge is 0.321 e. The van der Waals surface area contributed by atoms with Crippen LogP contribution < -0.4 is 19.7 Å². The minimum absolute atomic E-state index is 0.0543. The van der Waals surface area contributed by atoms with E-state index in [1.807, 2.05) is 0 Å². The summed E-state index contributed by atoms with van der Waals surface area (Å²) in [7, 11) is 2.58. The predicted octanol–water partition coefficient (Wildman–Crippen LogP) is 3.10. The molecule has 0 radical (unpaired) electrons. The molecule has 0 unspecified atom stereocenters. The van der Waals surface area contributed by atoms with Crippen molar-refractivity contribution in [3.8, 4) is 11.5 Å². The van der Waals surface area contributed by atoms with Gasteiger partial charge >= 0.3 is 5.69 Å². The minimum Gasteiger partial charge on any atom is -0.496 e. The second kappa shape index (κ2) is 8.47. The molecule has 1 heterocycles. The van der Waals surface area contributed by atoms with Crippen LogP contribution in [-0.4, -0.2) is 36.1 Å². The quantitative estimate of drug-likeness (QED) is 0.246. The first-order valence-corrected chi connectivity index (χ1v) is 9.13. The van der Waals surface area contributed by atoms with E-state index >= 15 is 0 Å². The van der Waals surface area contributed by atoms with Gasteiger partial charge in [0.15, 0.2) is 10.9 Å². The van der Waals surface area contributed by atoms with Crippen LogP contribution in [0.2, 0.25) is 5.02 Å². The number of nitrogens with one attached hydrogen (secondary N) is 1. The van der Waals surface area contributed by atoms with Gasteiger partial charge in [-0.2, -0.15) is 0 Å². The molecular formula is C19H14ClN3O6S.